The Morgan fingerprint density at radius 1 is 1.47 bits per heavy atom. The lowest BCUT2D eigenvalue weighted by atomic mass is 9.98. The van der Waals surface area contributed by atoms with Gasteiger partial charge in [-0.1, -0.05) is 23.2 Å². The van der Waals surface area contributed by atoms with Crippen LogP contribution in [0.5, 0.6) is 0 Å². The van der Waals surface area contributed by atoms with Gasteiger partial charge in [0.1, 0.15) is 0 Å². The van der Waals surface area contributed by atoms with Crippen molar-refractivity contribution in [3.05, 3.63) is 33.8 Å². The molecule has 1 saturated heterocycles. The molecule has 3 nitrogen and oxygen atoms in total. The first-order valence-electron chi connectivity index (χ1n) is 6.35. The zero-order chi connectivity index (χ0) is 13.8. The molecule has 2 rings (SSSR count). The molecule has 0 bridgehead atoms. The third-order valence-electron chi connectivity index (χ3n) is 3.37. The van der Waals surface area contributed by atoms with E-state index >= 15 is 0 Å². The Kier molecular flexibility index (Phi) is 5.08. The Morgan fingerprint density at radius 3 is 2.95 bits per heavy atom. The van der Waals surface area contributed by atoms with Crippen LogP contribution in [0.2, 0.25) is 10.0 Å². The van der Waals surface area contributed by atoms with Crippen LogP contribution < -0.4 is 0 Å². The van der Waals surface area contributed by atoms with Gasteiger partial charge in [0.05, 0.1) is 17.2 Å². The summed E-state index contributed by atoms with van der Waals surface area (Å²) in [4.78, 5) is 14.3. The highest BCUT2D eigenvalue weighted by Gasteiger charge is 2.25. The van der Waals surface area contributed by atoms with Crippen LogP contribution in [-0.4, -0.2) is 37.6 Å². The Morgan fingerprint density at radius 2 is 2.26 bits per heavy atom. The topological polar surface area (TPSA) is 29.5 Å². The molecule has 0 saturated carbocycles. The summed E-state index contributed by atoms with van der Waals surface area (Å²) in [5, 5.41) is 0.948. The fourth-order valence-corrected chi connectivity index (χ4v) is 2.94. The molecule has 1 fully saturated rings. The second kappa shape index (κ2) is 6.60. The summed E-state index contributed by atoms with van der Waals surface area (Å²) in [6, 6.07) is 4.98. The summed E-state index contributed by atoms with van der Waals surface area (Å²) in [5.74, 6) is 0.385. The van der Waals surface area contributed by atoms with Crippen molar-refractivity contribution in [2.24, 2.45) is 5.92 Å². The molecule has 0 N–H and O–H groups in total. The van der Waals surface area contributed by atoms with Gasteiger partial charge < -0.3 is 9.64 Å². The second-order valence-electron chi connectivity index (χ2n) is 4.84. The van der Waals surface area contributed by atoms with Gasteiger partial charge in [-0.2, -0.15) is 0 Å². The minimum atomic E-state index is -0.0255. The predicted octanol–water partition coefficient (Wildman–Crippen LogP) is 3.49. The number of carbonyl (C=O) groups excluding carboxylic acids is 1. The predicted molar refractivity (Wildman–Crippen MR) is 77.0 cm³/mol. The van der Waals surface area contributed by atoms with E-state index in [0.29, 0.717) is 28.1 Å². The molecule has 1 unspecified atom stereocenters. The summed E-state index contributed by atoms with van der Waals surface area (Å²) < 4.78 is 5.17. The number of carbonyl (C=O) groups is 1. The monoisotopic (exact) mass is 301 g/mol. The van der Waals surface area contributed by atoms with Crippen LogP contribution in [-0.2, 0) is 4.74 Å². The number of likely N-dealkylation sites (tertiary alicyclic amines) is 1. The number of piperidine rings is 1. The van der Waals surface area contributed by atoms with Gasteiger partial charge in [-0.25, -0.2) is 0 Å². The zero-order valence-corrected chi connectivity index (χ0v) is 12.4. The largest absolute Gasteiger partial charge is 0.384 e. The van der Waals surface area contributed by atoms with Gasteiger partial charge in [0.2, 0.25) is 0 Å². The molecule has 1 heterocycles. The molecule has 19 heavy (non-hydrogen) atoms. The third kappa shape index (κ3) is 3.62. The Balaban J connectivity index is 2.10. The summed E-state index contributed by atoms with van der Waals surface area (Å²) in [5.41, 5.74) is 0.518. The van der Waals surface area contributed by atoms with Gasteiger partial charge in [-0.05, 0) is 37.0 Å². The SMILES string of the molecule is COCC1CCCN(C(=O)c2ccc(Cl)cc2Cl)C1. The first-order valence-corrected chi connectivity index (χ1v) is 7.10. The molecule has 1 aromatic rings. The van der Waals surface area contributed by atoms with Crippen LogP contribution in [0.25, 0.3) is 0 Å². The van der Waals surface area contributed by atoms with Crippen molar-refractivity contribution in [1.29, 1.82) is 0 Å². The molecule has 1 aliphatic heterocycles. The fourth-order valence-electron chi connectivity index (χ4n) is 2.45. The van der Waals surface area contributed by atoms with Crippen molar-refractivity contribution in [2.45, 2.75) is 12.8 Å². The molecule has 5 heteroatoms. The molecular formula is C14H17Cl2NO2. The van der Waals surface area contributed by atoms with Crippen molar-refractivity contribution >= 4 is 29.1 Å². The summed E-state index contributed by atoms with van der Waals surface area (Å²) in [6.45, 7) is 2.20. The molecule has 0 aromatic heterocycles. The van der Waals surface area contributed by atoms with Crippen molar-refractivity contribution in [2.75, 3.05) is 26.8 Å². The van der Waals surface area contributed by atoms with E-state index in [-0.39, 0.29) is 5.91 Å². The van der Waals surface area contributed by atoms with Gasteiger partial charge in [0, 0.05) is 25.2 Å². The lowest BCUT2D eigenvalue weighted by Crippen LogP contribution is -2.41. The number of rotatable bonds is 3. The van der Waals surface area contributed by atoms with E-state index < -0.39 is 0 Å². The highest BCUT2D eigenvalue weighted by Crippen LogP contribution is 2.25. The molecule has 1 amide bonds. The smallest absolute Gasteiger partial charge is 0.255 e. The average Bonchev–Trinajstić information content (AvgIpc) is 2.39. The van der Waals surface area contributed by atoms with E-state index in [1.54, 1.807) is 25.3 Å². The van der Waals surface area contributed by atoms with Crippen LogP contribution >= 0.6 is 23.2 Å². The number of amides is 1. The van der Waals surface area contributed by atoms with E-state index in [9.17, 15) is 4.79 Å². The molecular weight excluding hydrogens is 285 g/mol. The fraction of sp³-hybridized carbons (Fsp3) is 0.500. The van der Waals surface area contributed by atoms with Crippen LogP contribution in [0, 0.1) is 5.92 Å². The van der Waals surface area contributed by atoms with Gasteiger partial charge >= 0.3 is 0 Å². The van der Waals surface area contributed by atoms with Crippen LogP contribution in [0.3, 0.4) is 0 Å². The Labute approximate surface area is 123 Å². The molecule has 1 aromatic carbocycles. The number of hydrogen-bond acceptors (Lipinski definition) is 2. The zero-order valence-electron chi connectivity index (χ0n) is 10.9. The summed E-state index contributed by atoms with van der Waals surface area (Å²) in [7, 11) is 1.69. The number of ether oxygens (including phenoxy) is 1. The standard InChI is InChI=1S/C14H17Cl2NO2/c1-19-9-10-3-2-6-17(8-10)14(18)12-5-4-11(15)7-13(12)16/h4-5,7,10H,2-3,6,8-9H2,1H3. The molecule has 1 aliphatic rings. The Hall–Kier alpha value is -0.770. The molecule has 0 radical (unpaired) electrons. The van der Waals surface area contributed by atoms with Crippen molar-refractivity contribution < 1.29 is 9.53 Å². The number of benzene rings is 1. The number of halogens is 2. The molecule has 1 atom stereocenters. The number of methoxy groups -OCH3 is 1. The van der Waals surface area contributed by atoms with E-state index in [2.05, 4.69) is 0 Å². The number of nitrogens with zero attached hydrogens (tertiary/aromatic N) is 1. The first kappa shape index (κ1) is 14.6. The summed E-state index contributed by atoms with van der Waals surface area (Å²) >= 11 is 11.9. The quantitative estimate of drug-likeness (QED) is 0.855. The first-order chi connectivity index (χ1) is 9.11. The molecule has 0 spiro atoms. The highest BCUT2D eigenvalue weighted by atomic mass is 35.5. The minimum absolute atomic E-state index is 0.0255. The van der Waals surface area contributed by atoms with Gasteiger partial charge in [-0.3, -0.25) is 4.79 Å². The molecule has 0 aliphatic carbocycles. The van der Waals surface area contributed by atoms with Crippen molar-refractivity contribution in [3.8, 4) is 0 Å². The van der Waals surface area contributed by atoms with Gasteiger partial charge in [-0.15, -0.1) is 0 Å². The van der Waals surface area contributed by atoms with E-state index in [4.69, 9.17) is 27.9 Å². The normalized spacial score (nSPS) is 19.5. The number of hydrogen-bond donors (Lipinski definition) is 0. The Bertz CT molecular complexity index is 463. The maximum Gasteiger partial charge on any atom is 0.255 e. The maximum absolute atomic E-state index is 12.4. The van der Waals surface area contributed by atoms with E-state index in [1.165, 1.54) is 0 Å². The third-order valence-corrected chi connectivity index (χ3v) is 3.92. The van der Waals surface area contributed by atoms with Crippen molar-refractivity contribution in [3.63, 3.8) is 0 Å². The average molecular weight is 302 g/mol. The van der Waals surface area contributed by atoms with E-state index in [1.807, 2.05) is 4.90 Å². The highest BCUT2D eigenvalue weighted by molar-refractivity contribution is 6.36. The van der Waals surface area contributed by atoms with Gasteiger partial charge in [0.25, 0.3) is 5.91 Å². The second-order valence-corrected chi connectivity index (χ2v) is 5.68. The lowest BCUT2D eigenvalue weighted by molar-refractivity contribution is 0.0571. The lowest BCUT2D eigenvalue weighted by Gasteiger charge is -2.32. The van der Waals surface area contributed by atoms with Crippen LogP contribution in [0.15, 0.2) is 18.2 Å². The minimum Gasteiger partial charge on any atom is -0.384 e. The van der Waals surface area contributed by atoms with Crippen LogP contribution in [0.4, 0.5) is 0 Å². The van der Waals surface area contributed by atoms with E-state index in [0.717, 1.165) is 25.9 Å². The van der Waals surface area contributed by atoms with Crippen LogP contribution in [0.1, 0.15) is 23.2 Å². The molecule has 104 valence electrons. The van der Waals surface area contributed by atoms with Crippen molar-refractivity contribution in [1.82, 2.24) is 4.90 Å². The van der Waals surface area contributed by atoms with Gasteiger partial charge in [0.15, 0.2) is 0 Å². The maximum atomic E-state index is 12.4. The summed E-state index contributed by atoms with van der Waals surface area (Å²) in [6.07, 6.45) is 2.11.